The molecule has 0 aliphatic rings. The number of pyridine rings is 1. The lowest BCUT2D eigenvalue weighted by molar-refractivity contribution is 0.985. The lowest BCUT2D eigenvalue weighted by Crippen LogP contribution is -1.91. The van der Waals surface area contributed by atoms with Gasteiger partial charge in [0.1, 0.15) is 16.1 Å². The summed E-state index contributed by atoms with van der Waals surface area (Å²) in [7, 11) is 0. The van der Waals surface area contributed by atoms with Gasteiger partial charge in [0, 0.05) is 10.7 Å². The summed E-state index contributed by atoms with van der Waals surface area (Å²) in [6.07, 6.45) is 1.73. The molecule has 0 saturated heterocycles. The highest BCUT2D eigenvalue weighted by Crippen LogP contribution is 2.35. The van der Waals surface area contributed by atoms with Crippen LogP contribution in [0.15, 0.2) is 53.1 Å². The number of nitrogens with zero attached hydrogens (tertiary/aromatic N) is 3. The second kappa shape index (κ2) is 5.99. The van der Waals surface area contributed by atoms with Crippen molar-refractivity contribution in [3.63, 3.8) is 0 Å². The highest BCUT2D eigenvalue weighted by Gasteiger charge is 2.18. The second-order valence-corrected chi connectivity index (χ2v) is 6.35. The van der Waals surface area contributed by atoms with Crippen LogP contribution in [-0.2, 0) is 0 Å². The number of hydrogen-bond acceptors (Lipinski definition) is 4. The molecule has 0 aliphatic carbocycles. The Hall–Kier alpha value is -1.30. The molecule has 3 aromatic rings. The molecular formula is C14H9BrClN3S. The van der Waals surface area contributed by atoms with Gasteiger partial charge in [0.05, 0.1) is 0 Å². The van der Waals surface area contributed by atoms with E-state index < -0.39 is 0 Å². The van der Waals surface area contributed by atoms with Crippen LogP contribution in [0.25, 0.3) is 10.7 Å². The van der Waals surface area contributed by atoms with Crippen molar-refractivity contribution in [1.82, 2.24) is 15.2 Å². The van der Waals surface area contributed by atoms with Crippen LogP contribution < -0.4 is 0 Å². The van der Waals surface area contributed by atoms with Gasteiger partial charge in [-0.25, -0.2) is 0 Å². The number of aromatic nitrogens is 3. The predicted octanol–water partition coefficient (Wildman–Crippen LogP) is 4.69. The smallest absolute Gasteiger partial charge is 0.167 e. The summed E-state index contributed by atoms with van der Waals surface area (Å²) in [4.78, 5) is 4.31. The number of alkyl halides is 1. The maximum Gasteiger partial charge on any atom is 0.167 e. The van der Waals surface area contributed by atoms with Gasteiger partial charge >= 0.3 is 0 Å². The minimum atomic E-state index is -0.287. The van der Waals surface area contributed by atoms with Gasteiger partial charge in [-0.05, 0) is 33.6 Å². The Morgan fingerprint density at radius 2 is 1.85 bits per heavy atom. The molecule has 1 aromatic carbocycles. The maximum atomic E-state index is 6.45. The van der Waals surface area contributed by atoms with Crippen molar-refractivity contribution >= 4 is 38.9 Å². The monoisotopic (exact) mass is 365 g/mol. The molecule has 1 atom stereocenters. The summed E-state index contributed by atoms with van der Waals surface area (Å²) in [5.74, 6) is 0. The minimum absolute atomic E-state index is 0.287. The van der Waals surface area contributed by atoms with Crippen LogP contribution in [0.5, 0.6) is 0 Å². The maximum absolute atomic E-state index is 6.45. The standard InChI is InChI=1S/C14H9BrClN3S/c15-10-7-4-8-17-12(10)14-19-18-13(20-14)11(16)9-5-2-1-3-6-9/h1-8,11H. The third-order valence-corrected chi connectivity index (χ3v) is 4.93. The minimum Gasteiger partial charge on any atom is -0.252 e. The van der Waals surface area contributed by atoms with Gasteiger partial charge in [-0.15, -0.1) is 21.8 Å². The molecule has 2 heterocycles. The van der Waals surface area contributed by atoms with Crippen molar-refractivity contribution in [2.45, 2.75) is 5.38 Å². The van der Waals surface area contributed by atoms with E-state index in [9.17, 15) is 0 Å². The normalized spacial score (nSPS) is 12.3. The van der Waals surface area contributed by atoms with Crippen molar-refractivity contribution in [1.29, 1.82) is 0 Å². The Bertz CT molecular complexity index is 717. The molecule has 1 unspecified atom stereocenters. The number of rotatable bonds is 3. The highest BCUT2D eigenvalue weighted by molar-refractivity contribution is 9.10. The molecule has 0 aliphatic heterocycles. The van der Waals surface area contributed by atoms with E-state index in [1.54, 1.807) is 6.20 Å². The van der Waals surface area contributed by atoms with Crippen LogP contribution >= 0.6 is 38.9 Å². The Labute approximate surface area is 133 Å². The summed E-state index contributed by atoms with van der Waals surface area (Å²) >= 11 is 11.4. The topological polar surface area (TPSA) is 38.7 Å². The molecular weight excluding hydrogens is 358 g/mol. The zero-order valence-electron chi connectivity index (χ0n) is 10.2. The van der Waals surface area contributed by atoms with Crippen molar-refractivity contribution in [2.24, 2.45) is 0 Å². The van der Waals surface area contributed by atoms with E-state index >= 15 is 0 Å². The largest absolute Gasteiger partial charge is 0.252 e. The fourth-order valence-corrected chi connectivity index (χ4v) is 3.50. The van der Waals surface area contributed by atoms with E-state index in [-0.39, 0.29) is 5.38 Å². The number of halogens is 2. The van der Waals surface area contributed by atoms with Gasteiger partial charge in [0.2, 0.25) is 0 Å². The van der Waals surface area contributed by atoms with Crippen LogP contribution in [0, 0.1) is 0 Å². The molecule has 2 aromatic heterocycles. The van der Waals surface area contributed by atoms with E-state index in [0.717, 1.165) is 25.7 Å². The second-order valence-electron chi connectivity index (χ2n) is 4.05. The first-order valence-electron chi connectivity index (χ1n) is 5.89. The Balaban J connectivity index is 1.93. The van der Waals surface area contributed by atoms with Crippen LogP contribution in [0.2, 0.25) is 0 Å². The Morgan fingerprint density at radius 1 is 1.05 bits per heavy atom. The van der Waals surface area contributed by atoms with Crippen LogP contribution in [0.3, 0.4) is 0 Å². The SMILES string of the molecule is ClC(c1ccccc1)c1nnc(-c2ncccc2Br)s1. The molecule has 0 N–H and O–H groups in total. The van der Waals surface area contributed by atoms with Gasteiger partial charge in [0.25, 0.3) is 0 Å². The quantitative estimate of drug-likeness (QED) is 0.631. The molecule has 0 radical (unpaired) electrons. The van der Waals surface area contributed by atoms with Gasteiger partial charge in [-0.1, -0.05) is 41.7 Å². The summed E-state index contributed by atoms with van der Waals surface area (Å²) in [6, 6.07) is 13.6. The van der Waals surface area contributed by atoms with E-state index in [4.69, 9.17) is 11.6 Å². The summed E-state index contributed by atoms with van der Waals surface area (Å²) in [6.45, 7) is 0. The Morgan fingerprint density at radius 3 is 2.60 bits per heavy atom. The van der Waals surface area contributed by atoms with Crippen molar-refractivity contribution < 1.29 is 0 Å². The van der Waals surface area contributed by atoms with Gasteiger partial charge < -0.3 is 0 Å². The number of hydrogen-bond donors (Lipinski definition) is 0. The fraction of sp³-hybridized carbons (Fsp3) is 0.0714. The van der Waals surface area contributed by atoms with Crippen LogP contribution in [-0.4, -0.2) is 15.2 Å². The summed E-state index contributed by atoms with van der Waals surface area (Å²) in [5.41, 5.74) is 1.80. The highest BCUT2D eigenvalue weighted by atomic mass is 79.9. The van der Waals surface area contributed by atoms with E-state index in [2.05, 4.69) is 31.1 Å². The van der Waals surface area contributed by atoms with E-state index in [0.29, 0.717) is 0 Å². The van der Waals surface area contributed by atoms with Gasteiger partial charge in [0.15, 0.2) is 5.01 Å². The molecule has 6 heteroatoms. The summed E-state index contributed by atoms with van der Waals surface area (Å²) < 4.78 is 0.897. The molecule has 100 valence electrons. The zero-order chi connectivity index (χ0) is 13.9. The van der Waals surface area contributed by atoms with E-state index in [1.165, 1.54) is 11.3 Å². The summed E-state index contributed by atoms with van der Waals surface area (Å²) in [5, 5.41) is 9.61. The average Bonchev–Trinajstić information content (AvgIpc) is 2.97. The third-order valence-electron chi connectivity index (χ3n) is 2.71. The van der Waals surface area contributed by atoms with Crippen molar-refractivity contribution in [3.05, 3.63) is 63.7 Å². The lowest BCUT2D eigenvalue weighted by atomic mass is 10.1. The van der Waals surface area contributed by atoms with Crippen molar-refractivity contribution in [3.8, 4) is 10.7 Å². The first-order valence-corrected chi connectivity index (χ1v) is 7.93. The predicted molar refractivity (Wildman–Crippen MR) is 85.0 cm³/mol. The molecule has 20 heavy (non-hydrogen) atoms. The lowest BCUT2D eigenvalue weighted by Gasteiger charge is -2.04. The molecule has 3 nitrogen and oxygen atoms in total. The molecule has 0 fully saturated rings. The average molecular weight is 367 g/mol. The molecule has 3 rings (SSSR count). The first kappa shape index (κ1) is 13.7. The third kappa shape index (κ3) is 2.75. The van der Waals surface area contributed by atoms with Crippen LogP contribution in [0.1, 0.15) is 15.9 Å². The van der Waals surface area contributed by atoms with Gasteiger partial charge in [-0.3, -0.25) is 4.98 Å². The molecule has 0 amide bonds. The van der Waals surface area contributed by atoms with E-state index in [1.807, 2.05) is 42.5 Å². The molecule has 0 saturated carbocycles. The molecule has 0 spiro atoms. The Kier molecular flexibility index (Phi) is 4.10. The van der Waals surface area contributed by atoms with Crippen molar-refractivity contribution in [2.75, 3.05) is 0 Å². The zero-order valence-corrected chi connectivity index (χ0v) is 13.4. The first-order chi connectivity index (χ1) is 9.75. The number of benzene rings is 1. The molecule has 0 bridgehead atoms. The fourth-order valence-electron chi connectivity index (χ4n) is 1.74. The van der Waals surface area contributed by atoms with Crippen LogP contribution in [0.4, 0.5) is 0 Å². The van der Waals surface area contributed by atoms with Gasteiger partial charge in [-0.2, -0.15) is 0 Å².